The maximum atomic E-state index is 10.8. The van der Waals surface area contributed by atoms with E-state index in [4.69, 9.17) is 4.74 Å². The molecule has 0 spiro atoms. The maximum Gasteiger partial charge on any atom is 0.311 e. The van der Waals surface area contributed by atoms with Crippen molar-refractivity contribution in [2.45, 2.75) is 6.42 Å². The zero-order valence-electron chi connectivity index (χ0n) is 9.77. The lowest BCUT2D eigenvalue weighted by atomic mass is 10.1. The minimum Gasteiger partial charge on any atom is -0.490 e. The van der Waals surface area contributed by atoms with E-state index in [2.05, 4.69) is 0 Å². The Morgan fingerprint density at radius 2 is 2.12 bits per heavy atom. The van der Waals surface area contributed by atoms with Crippen molar-refractivity contribution in [3.8, 4) is 5.75 Å². The van der Waals surface area contributed by atoms with Crippen LogP contribution in [0, 0.1) is 10.1 Å². The lowest BCUT2D eigenvalue weighted by Crippen LogP contribution is -2.15. The summed E-state index contributed by atoms with van der Waals surface area (Å²) in [6, 6.07) is 5.07. The Morgan fingerprint density at radius 1 is 1.44 bits per heavy atom. The summed E-state index contributed by atoms with van der Waals surface area (Å²) in [5.41, 5.74) is 0.972. The molecule has 1 aromatic carbocycles. The van der Waals surface area contributed by atoms with Crippen LogP contribution >= 0.6 is 0 Å². The van der Waals surface area contributed by atoms with E-state index in [0.29, 0.717) is 5.75 Å². The monoisotopic (exact) mass is 224 g/mol. The maximum absolute atomic E-state index is 10.8. The van der Waals surface area contributed by atoms with Crippen LogP contribution in [0.5, 0.6) is 5.75 Å². The highest BCUT2D eigenvalue weighted by Crippen LogP contribution is 2.27. The quantitative estimate of drug-likeness (QED) is 0.564. The smallest absolute Gasteiger partial charge is 0.311 e. The van der Waals surface area contributed by atoms with Crippen molar-refractivity contribution < 1.29 is 9.66 Å². The summed E-state index contributed by atoms with van der Waals surface area (Å²) in [6.07, 6.45) is 0.790. The second-order valence-corrected chi connectivity index (χ2v) is 3.82. The van der Waals surface area contributed by atoms with E-state index in [1.54, 1.807) is 12.1 Å². The first-order chi connectivity index (χ1) is 7.54. The van der Waals surface area contributed by atoms with Crippen LogP contribution in [-0.2, 0) is 6.42 Å². The predicted molar refractivity (Wildman–Crippen MR) is 61.9 cm³/mol. The van der Waals surface area contributed by atoms with Crippen LogP contribution in [0.25, 0.3) is 0 Å². The van der Waals surface area contributed by atoms with Gasteiger partial charge in [-0.15, -0.1) is 0 Å². The fourth-order valence-electron chi connectivity index (χ4n) is 1.39. The number of benzene rings is 1. The Hall–Kier alpha value is -1.62. The van der Waals surface area contributed by atoms with E-state index >= 15 is 0 Å². The number of methoxy groups -OCH3 is 1. The molecule has 1 aromatic rings. The second kappa shape index (κ2) is 5.46. The standard InChI is InChI=1S/C11H16N2O3/c1-12(2)7-6-9-4-5-11(16-3)10(8-9)13(14)15/h4-5,8H,6-7H2,1-3H3. The lowest BCUT2D eigenvalue weighted by Gasteiger charge is -2.09. The average Bonchev–Trinajstić information content (AvgIpc) is 2.25. The van der Waals surface area contributed by atoms with E-state index < -0.39 is 4.92 Å². The molecule has 0 atom stereocenters. The predicted octanol–water partition coefficient (Wildman–Crippen LogP) is 1.71. The first-order valence-electron chi connectivity index (χ1n) is 5.00. The Morgan fingerprint density at radius 3 is 2.62 bits per heavy atom. The summed E-state index contributed by atoms with van der Waals surface area (Å²) in [6.45, 7) is 0.865. The van der Waals surface area contributed by atoms with Gasteiger partial charge in [0.15, 0.2) is 5.75 Å². The van der Waals surface area contributed by atoms with Crippen molar-refractivity contribution in [3.05, 3.63) is 33.9 Å². The molecule has 0 heterocycles. The van der Waals surface area contributed by atoms with Gasteiger partial charge < -0.3 is 9.64 Å². The van der Waals surface area contributed by atoms with Crippen molar-refractivity contribution in [1.82, 2.24) is 4.90 Å². The molecule has 0 aliphatic carbocycles. The number of nitro benzene ring substituents is 1. The molecule has 0 saturated carbocycles. The van der Waals surface area contributed by atoms with Gasteiger partial charge in [-0.1, -0.05) is 6.07 Å². The summed E-state index contributed by atoms with van der Waals surface area (Å²) in [5, 5.41) is 10.8. The third-order valence-corrected chi connectivity index (χ3v) is 2.29. The fraction of sp³-hybridized carbons (Fsp3) is 0.455. The molecule has 0 saturated heterocycles. The van der Waals surface area contributed by atoms with Crippen LogP contribution in [0.2, 0.25) is 0 Å². The number of nitrogens with zero attached hydrogens (tertiary/aromatic N) is 2. The molecule has 5 heteroatoms. The van der Waals surface area contributed by atoms with Crippen molar-refractivity contribution in [3.63, 3.8) is 0 Å². The SMILES string of the molecule is COc1ccc(CCN(C)C)cc1[N+](=O)[O-]. The number of hydrogen-bond acceptors (Lipinski definition) is 4. The van der Waals surface area contributed by atoms with Crippen LogP contribution in [0.1, 0.15) is 5.56 Å². The average molecular weight is 224 g/mol. The van der Waals surface area contributed by atoms with Gasteiger partial charge in [0.2, 0.25) is 0 Å². The van der Waals surface area contributed by atoms with Crippen LogP contribution in [0.4, 0.5) is 5.69 Å². The molecule has 1 rings (SSSR count). The first kappa shape index (κ1) is 12.4. The van der Waals surface area contributed by atoms with Gasteiger partial charge in [-0.3, -0.25) is 10.1 Å². The summed E-state index contributed by atoms with van der Waals surface area (Å²) in [4.78, 5) is 12.4. The molecule has 5 nitrogen and oxygen atoms in total. The van der Waals surface area contributed by atoms with E-state index in [1.807, 2.05) is 25.1 Å². The summed E-state index contributed by atoms with van der Waals surface area (Å²) in [5.74, 6) is 0.304. The highest BCUT2D eigenvalue weighted by Gasteiger charge is 2.14. The van der Waals surface area contributed by atoms with Crippen LogP contribution in [0.3, 0.4) is 0 Å². The molecule has 0 N–H and O–H groups in total. The van der Waals surface area contributed by atoms with E-state index in [0.717, 1.165) is 18.5 Å². The van der Waals surface area contributed by atoms with Crippen molar-refractivity contribution in [1.29, 1.82) is 0 Å². The second-order valence-electron chi connectivity index (χ2n) is 3.82. The molecule has 0 aliphatic heterocycles. The van der Waals surface area contributed by atoms with Gasteiger partial charge in [-0.05, 0) is 32.1 Å². The number of hydrogen-bond donors (Lipinski definition) is 0. The molecule has 0 unspecified atom stereocenters. The third kappa shape index (κ3) is 3.20. The van der Waals surface area contributed by atoms with Crippen LogP contribution < -0.4 is 4.74 Å². The topological polar surface area (TPSA) is 55.6 Å². The van der Waals surface area contributed by atoms with Gasteiger partial charge in [0.1, 0.15) is 0 Å². The number of nitro groups is 1. The number of rotatable bonds is 5. The first-order valence-corrected chi connectivity index (χ1v) is 5.00. The van der Waals surface area contributed by atoms with Gasteiger partial charge in [0.25, 0.3) is 0 Å². The van der Waals surface area contributed by atoms with E-state index in [1.165, 1.54) is 7.11 Å². The Labute approximate surface area is 94.8 Å². The number of ether oxygens (including phenoxy) is 1. The zero-order chi connectivity index (χ0) is 12.1. The summed E-state index contributed by atoms with van der Waals surface area (Å²) < 4.78 is 4.94. The van der Waals surface area contributed by atoms with Gasteiger partial charge in [-0.2, -0.15) is 0 Å². The highest BCUT2D eigenvalue weighted by molar-refractivity contribution is 5.48. The van der Waals surface area contributed by atoms with Crippen LogP contribution in [0.15, 0.2) is 18.2 Å². The largest absolute Gasteiger partial charge is 0.490 e. The van der Waals surface area contributed by atoms with Crippen molar-refractivity contribution >= 4 is 5.69 Å². The van der Waals surface area contributed by atoms with Gasteiger partial charge in [-0.25, -0.2) is 0 Å². The molecule has 0 amide bonds. The molecule has 88 valence electrons. The summed E-state index contributed by atoms with van der Waals surface area (Å²) in [7, 11) is 5.37. The van der Waals surface area contributed by atoms with Gasteiger partial charge in [0, 0.05) is 12.6 Å². The molecular formula is C11H16N2O3. The Bertz CT molecular complexity index is 377. The lowest BCUT2D eigenvalue weighted by molar-refractivity contribution is -0.385. The zero-order valence-corrected chi connectivity index (χ0v) is 9.77. The number of likely N-dealkylation sites (N-methyl/N-ethyl adjacent to an activating group) is 1. The Kier molecular flexibility index (Phi) is 4.25. The van der Waals surface area contributed by atoms with Crippen LogP contribution in [-0.4, -0.2) is 37.6 Å². The molecule has 0 radical (unpaired) electrons. The molecule has 16 heavy (non-hydrogen) atoms. The van der Waals surface area contributed by atoms with Gasteiger partial charge >= 0.3 is 5.69 Å². The minimum atomic E-state index is -0.419. The molecular weight excluding hydrogens is 208 g/mol. The van der Waals surface area contributed by atoms with Crippen molar-refractivity contribution in [2.75, 3.05) is 27.7 Å². The highest BCUT2D eigenvalue weighted by atomic mass is 16.6. The fourth-order valence-corrected chi connectivity index (χ4v) is 1.39. The molecule has 0 aliphatic rings. The van der Waals surface area contributed by atoms with Gasteiger partial charge in [0.05, 0.1) is 12.0 Å². The molecule has 0 aromatic heterocycles. The molecule has 0 bridgehead atoms. The Balaban J connectivity index is 2.89. The van der Waals surface area contributed by atoms with E-state index in [9.17, 15) is 10.1 Å². The van der Waals surface area contributed by atoms with Crippen molar-refractivity contribution in [2.24, 2.45) is 0 Å². The third-order valence-electron chi connectivity index (χ3n) is 2.29. The normalized spacial score (nSPS) is 10.5. The molecule has 0 fully saturated rings. The summed E-state index contributed by atoms with van der Waals surface area (Å²) >= 11 is 0. The minimum absolute atomic E-state index is 0.0266. The van der Waals surface area contributed by atoms with E-state index in [-0.39, 0.29) is 5.69 Å².